The topological polar surface area (TPSA) is 6.48 Å². The molecule has 1 heterocycles. The second-order valence-corrected chi connectivity index (χ2v) is 5.03. The molecule has 1 rings (SSSR count). The summed E-state index contributed by atoms with van der Waals surface area (Å²) in [4.78, 5) is 5.22. The smallest absolute Gasteiger partial charge is 0.0113 e. The molecule has 0 aromatic carbocycles. The Labute approximate surface area is 127 Å². The third-order valence-electron chi connectivity index (χ3n) is 3.47. The van der Waals surface area contributed by atoms with Gasteiger partial charge in [0, 0.05) is 64.9 Å². The second kappa shape index (κ2) is 9.99. The van der Waals surface area contributed by atoms with Crippen molar-refractivity contribution in [3.8, 4) is 0 Å². The first-order valence-corrected chi connectivity index (χ1v) is 6.70. The molecule has 2 nitrogen and oxygen atoms in total. The van der Waals surface area contributed by atoms with Crippen LogP contribution in [0.1, 0.15) is 46.5 Å². The predicted octanol–water partition coefficient (Wildman–Crippen LogP) is 2.59. The molecule has 1 fully saturated rings. The van der Waals surface area contributed by atoms with Gasteiger partial charge in [0.1, 0.15) is 0 Å². The SMILES string of the molecule is CCCCCCN1CCN(C(C)C)CC1.[Y]. The summed E-state index contributed by atoms with van der Waals surface area (Å²) in [6.07, 6.45) is 5.57. The van der Waals surface area contributed by atoms with E-state index in [-0.39, 0.29) is 32.7 Å². The average Bonchev–Trinajstić information content (AvgIpc) is 2.25. The van der Waals surface area contributed by atoms with Crippen LogP contribution in [0.15, 0.2) is 0 Å². The molecule has 0 saturated carbocycles. The summed E-state index contributed by atoms with van der Waals surface area (Å²) in [5.41, 5.74) is 0. The summed E-state index contributed by atoms with van der Waals surface area (Å²) < 4.78 is 0. The van der Waals surface area contributed by atoms with Crippen molar-refractivity contribution >= 4 is 0 Å². The Balaban J connectivity index is 0.00000225. The summed E-state index contributed by atoms with van der Waals surface area (Å²) in [7, 11) is 0. The maximum Gasteiger partial charge on any atom is 0.0113 e. The number of rotatable bonds is 6. The Morgan fingerprint density at radius 3 is 2.06 bits per heavy atom. The van der Waals surface area contributed by atoms with E-state index in [0.29, 0.717) is 0 Å². The largest absolute Gasteiger partial charge is 0.301 e. The Bertz CT molecular complexity index is 154. The van der Waals surface area contributed by atoms with Crippen LogP contribution in [-0.2, 0) is 32.7 Å². The van der Waals surface area contributed by atoms with Crippen LogP contribution in [0.25, 0.3) is 0 Å². The molecule has 1 aliphatic heterocycles. The number of hydrogen-bond donors (Lipinski definition) is 0. The molecule has 0 aromatic rings. The fourth-order valence-electron chi connectivity index (χ4n) is 2.27. The summed E-state index contributed by atoms with van der Waals surface area (Å²) in [5, 5.41) is 0. The molecular formula is C13H28N2Y. The van der Waals surface area contributed by atoms with Gasteiger partial charge in [0.15, 0.2) is 0 Å². The number of nitrogens with zero attached hydrogens (tertiary/aromatic N) is 2. The van der Waals surface area contributed by atoms with Crippen LogP contribution >= 0.6 is 0 Å². The van der Waals surface area contributed by atoms with Gasteiger partial charge in [0.05, 0.1) is 0 Å². The summed E-state index contributed by atoms with van der Waals surface area (Å²) in [6, 6.07) is 0.729. The van der Waals surface area contributed by atoms with E-state index >= 15 is 0 Å². The monoisotopic (exact) mass is 301 g/mol. The standard InChI is InChI=1S/C13H28N2.Y/c1-4-5-6-7-8-14-9-11-15(12-10-14)13(2)3;/h13H,4-12H2,1-3H3;. The minimum atomic E-state index is 0. The minimum Gasteiger partial charge on any atom is -0.301 e. The normalized spacial score (nSPS) is 18.8. The average molecular weight is 301 g/mol. The number of unbranched alkanes of at least 4 members (excludes halogenated alkanes) is 3. The zero-order chi connectivity index (χ0) is 11.1. The van der Waals surface area contributed by atoms with Gasteiger partial charge in [-0.05, 0) is 26.8 Å². The quantitative estimate of drug-likeness (QED) is 0.696. The molecular weight excluding hydrogens is 273 g/mol. The molecule has 1 saturated heterocycles. The Morgan fingerprint density at radius 1 is 0.938 bits per heavy atom. The van der Waals surface area contributed by atoms with Crippen molar-refractivity contribution in [1.29, 1.82) is 0 Å². The molecule has 0 aliphatic carbocycles. The van der Waals surface area contributed by atoms with E-state index in [1.165, 1.54) is 58.4 Å². The van der Waals surface area contributed by atoms with Crippen LogP contribution in [0, 0.1) is 0 Å². The summed E-state index contributed by atoms with van der Waals surface area (Å²) in [5.74, 6) is 0. The minimum absolute atomic E-state index is 0. The molecule has 0 aromatic heterocycles. The van der Waals surface area contributed by atoms with Crippen molar-refractivity contribution in [3.63, 3.8) is 0 Å². The third-order valence-corrected chi connectivity index (χ3v) is 3.47. The second-order valence-electron chi connectivity index (χ2n) is 5.03. The maximum atomic E-state index is 2.63. The molecule has 0 N–H and O–H groups in total. The van der Waals surface area contributed by atoms with Crippen LogP contribution in [0.5, 0.6) is 0 Å². The predicted molar refractivity (Wildman–Crippen MR) is 67.3 cm³/mol. The van der Waals surface area contributed by atoms with Crippen molar-refractivity contribution < 1.29 is 32.7 Å². The Kier molecular flexibility index (Phi) is 10.6. The zero-order valence-electron chi connectivity index (χ0n) is 11.4. The van der Waals surface area contributed by atoms with Crippen LogP contribution in [0.3, 0.4) is 0 Å². The Hall–Kier alpha value is 1.02. The van der Waals surface area contributed by atoms with Crippen LogP contribution in [0.4, 0.5) is 0 Å². The molecule has 0 unspecified atom stereocenters. The van der Waals surface area contributed by atoms with Gasteiger partial charge in [0.2, 0.25) is 0 Å². The first-order valence-electron chi connectivity index (χ1n) is 6.70. The fourth-order valence-corrected chi connectivity index (χ4v) is 2.27. The molecule has 0 amide bonds. The van der Waals surface area contributed by atoms with E-state index in [4.69, 9.17) is 0 Å². The van der Waals surface area contributed by atoms with Crippen molar-refractivity contribution in [2.75, 3.05) is 32.7 Å². The Morgan fingerprint density at radius 2 is 1.56 bits per heavy atom. The number of hydrogen-bond acceptors (Lipinski definition) is 2. The first-order chi connectivity index (χ1) is 7.24. The van der Waals surface area contributed by atoms with Crippen molar-refractivity contribution in [2.45, 2.75) is 52.5 Å². The van der Waals surface area contributed by atoms with Gasteiger partial charge >= 0.3 is 0 Å². The third kappa shape index (κ3) is 6.68. The van der Waals surface area contributed by atoms with E-state index in [1.54, 1.807) is 0 Å². The van der Waals surface area contributed by atoms with Gasteiger partial charge in [-0.3, -0.25) is 4.90 Å². The molecule has 0 atom stereocenters. The van der Waals surface area contributed by atoms with Gasteiger partial charge in [-0.15, -0.1) is 0 Å². The maximum absolute atomic E-state index is 2.63. The van der Waals surface area contributed by atoms with E-state index in [1.807, 2.05) is 0 Å². The molecule has 3 heteroatoms. The van der Waals surface area contributed by atoms with E-state index in [9.17, 15) is 0 Å². The van der Waals surface area contributed by atoms with E-state index < -0.39 is 0 Å². The van der Waals surface area contributed by atoms with Gasteiger partial charge in [-0.1, -0.05) is 26.2 Å². The molecule has 1 aliphatic rings. The fraction of sp³-hybridized carbons (Fsp3) is 1.00. The molecule has 1 radical (unpaired) electrons. The first kappa shape index (κ1) is 17.0. The molecule has 93 valence electrons. The van der Waals surface area contributed by atoms with Gasteiger partial charge in [-0.2, -0.15) is 0 Å². The van der Waals surface area contributed by atoms with Crippen molar-refractivity contribution in [2.24, 2.45) is 0 Å². The van der Waals surface area contributed by atoms with Crippen LogP contribution in [-0.4, -0.2) is 48.6 Å². The van der Waals surface area contributed by atoms with Crippen LogP contribution < -0.4 is 0 Å². The van der Waals surface area contributed by atoms with Crippen molar-refractivity contribution in [3.05, 3.63) is 0 Å². The van der Waals surface area contributed by atoms with Crippen molar-refractivity contribution in [1.82, 2.24) is 9.80 Å². The number of piperazine rings is 1. The molecule has 16 heavy (non-hydrogen) atoms. The molecule has 0 bridgehead atoms. The summed E-state index contributed by atoms with van der Waals surface area (Å²) >= 11 is 0. The molecule has 0 spiro atoms. The van der Waals surface area contributed by atoms with Gasteiger partial charge in [-0.25, -0.2) is 0 Å². The van der Waals surface area contributed by atoms with Gasteiger partial charge in [0.25, 0.3) is 0 Å². The van der Waals surface area contributed by atoms with Gasteiger partial charge < -0.3 is 4.90 Å². The zero-order valence-corrected chi connectivity index (χ0v) is 14.3. The van der Waals surface area contributed by atoms with E-state index in [0.717, 1.165) is 6.04 Å². The van der Waals surface area contributed by atoms with Crippen LogP contribution in [0.2, 0.25) is 0 Å². The van der Waals surface area contributed by atoms with E-state index in [2.05, 4.69) is 30.6 Å². The summed E-state index contributed by atoms with van der Waals surface area (Å²) in [6.45, 7) is 13.3.